The maximum absolute atomic E-state index is 5.97. The summed E-state index contributed by atoms with van der Waals surface area (Å²) in [7, 11) is 0. The predicted octanol–water partition coefficient (Wildman–Crippen LogP) is 6.54. The highest BCUT2D eigenvalue weighted by molar-refractivity contribution is 7.15. The van der Waals surface area contributed by atoms with E-state index in [4.69, 9.17) is 9.47 Å². The van der Waals surface area contributed by atoms with Crippen LogP contribution in [-0.2, 0) is 6.61 Å². The quantitative estimate of drug-likeness (QED) is 0.236. The summed E-state index contributed by atoms with van der Waals surface area (Å²) >= 11 is 1.58. The molecule has 5 nitrogen and oxygen atoms in total. The van der Waals surface area contributed by atoms with E-state index in [0.29, 0.717) is 24.7 Å². The Bertz CT molecular complexity index is 1170. The largest absolute Gasteiger partial charge is 0.490 e. The lowest BCUT2D eigenvalue weighted by Gasteiger charge is -2.12. The molecule has 1 N–H and O–H groups in total. The molecule has 162 valence electrons. The van der Waals surface area contributed by atoms with E-state index in [1.165, 1.54) is 0 Å². The van der Waals surface area contributed by atoms with E-state index < -0.39 is 0 Å². The first-order valence-electron chi connectivity index (χ1n) is 10.5. The van der Waals surface area contributed by atoms with Gasteiger partial charge in [-0.3, -0.25) is 5.43 Å². The van der Waals surface area contributed by atoms with Gasteiger partial charge in [-0.2, -0.15) is 5.10 Å². The molecule has 0 fully saturated rings. The Morgan fingerprint density at radius 1 is 0.938 bits per heavy atom. The second kappa shape index (κ2) is 10.6. The lowest BCUT2D eigenvalue weighted by molar-refractivity contribution is 0.269. The summed E-state index contributed by atoms with van der Waals surface area (Å²) in [5.74, 6) is 1.41. The number of rotatable bonds is 9. The van der Waals surface area contributed by atoms with Crippen molar-refractivity contribution in [1.82, 2.24) is 4.98 Å². The van der Waals surface area contributed by atoms with Crippen molar-refractivity contribution < 1.29 is 9.47 Å². The number of nitrogens with zero attached hydrogens (tertiary/aromatic N) is 2. The fraction of sp³-hybridized carbons (Fsp3) is 0.154. The molecule has 4 rings (SSSR count). The molecule has 0 atom stereocenters. The predicted molar refractivity (Wildman–Crippen MR) is 132 cm³/mol. The van der Waals surface area contributed by atoms with E-state index in [9.17, 15) is 0 Å². The Balaban J connectivity index is 1.43. The molecule has 4 aromatic rings. The van der Waals surface area contributed by atoms with Gasteiger partial charge in [-0.05, 0) is 43.2 Å². The number of thiazole rings is 1. The van der Waals surface area contributed by atoms with Crippen LogP contribution in [0.5, 0.6) is 11.5 Å². The van der Waals surface area contributed by atoms with Crippen LogP contribution in [0.1, 0.15) is 22.9 Å². The van der Waals surface area contributed by atoms with E-state index in [1.54, 1.807) is 17.6 Å². The minimum absolute atomic E-state index is 0.489. The number of hydrogen-bond acceptors (Lipinski definition) is 6. The van der Waals surface area contributed by atoms with Gasteiger partial charge in [0.2, 0.25) is 5.13 Å². The van der Waals surface area contributed by atoms with Crippen molar-refractivity contribution in [2.75, 3.05) is 12.0 Å². The number of ether oxygens (including phenoxy) is 2. The summed E-state index contributed by atoms with van der Waals surface area (Å²) in [5, 5.41) is 5.12. The smallest absolute Gasteiger partial charge is 0.204 e. The SMILES string of the molecule is CCOc1cc(/C=N/Nc2nc(-c3ccccc3)c(C)s2)ccc1OCc1ccccc1. The average Bonchev–Trinajstić information content (AvgIpc) is 3.20. The molecule has 0 radical (unpaired) electrons. The number of hydrogen-bond donors (Lipinski definition) is 1. The Morgan fingerprint density at radius 2 is 1.69 bits per heavy atom. The Morgan fingerprint density at radius 3 is 2.44 bits per heavy atom. The van der Waals surface area contributed by atoms with Gasteiger partial charge in [0.15, 0.2) is 11.5 Å². The standard InChI is InChI=1S/C26H25N3O2S/c1-3-30-24-16-21(14-15-23(24)31-18-20-10-6-4-7-11-20)17-27-29-26-28-25(19(2)32-26)22-12-8-5-9-13-22/h4-17H,3,18H2,1-2H3,(H,28,29)/b27-17+. The van der Waals surface area contributed by atoms with Crippen molar-refractivity contribution in [1.29, 1.82) is 0 Å². The number of hydrazone groups is 1. The summed E-state index contributed by atoms with van der Waals surface area (Å²) in [6.07, 6.45) is 1.75. The maximum atomic E-state index is 5.97. The van der Waals surface area contributed by atoms with Crippen molar-refractivity contribution in [2.45, 2.75) is 20.5 Å². The van der Waals surface area contributed by atoms with Gasteiger partial charge in [-0.25, -0.2) is 4.98 Å². The van der Waals surface area contributed by atoms with Crippen LogP contribution in [0.15, 0.2) is 84.0 Å². The van der Waals surface area contributed by atoms with E-state index in [0.717, 1.165) is 32.4 Å². The third kappa shape index (κ3) is 5.53. The summed E-state index contributed by atoms with van der Waals surface area (Å²) in [6.45, 7) is 5.07. The molecule has 0 aliphatic carbocycles. The molecule has 6 heteroatoms. The van der Waals surface area contributed by atoms with Crippen molar-refractivity contribution in [3.8, 4) is 22.8 Å². The monoisotopic (exact) mass is 443 g/mol. The van der Waals surface area contributed by atoms with Crippen molar-refractivity contribution in [3.05, 3.63) is 94.9 Å². The summed E-state index contributed by atoms with van der Waals surface area (Å²) < 4.78 is 11.8. The number of benzene rings is 3. The zero-order valence-electron chi connectivity index (χ0n) is 18.1. The summed E-state index contributed by atoms with van der Waals surface area (Å²) in [6, 6.07) is 26.0. The number of nitrogens with one attached hydrogen (secondary N) is 1. The number of aryl methyl sites for hydroxylation is 1. The molecule has 0 aliphatic rings. The number of anilines is 1. The molecule has 1 heterocycles. The molecule has 0 aliphatic heterocycles. The minimum Gasteiger partial charge on any atom is -0.490 e. The second-order valence-electron chi connectivity index (χ2n) is 7.07. The Labute approximate surface area is 192 Å². The van der Waals surface area contributed by atoms with Crippen molar-refractivity contribution in [2.24, 2.45) is 5.10 Å². The Kier molecular flexibility index (Phi) is 7.15. The maximum Gasteiger partial charge on any atom is 0.204 e. The molecule has 0 amide bonds. The van der Waals surface area contributed by atoms with Crippen LogP contribution in [0.2, 0.25) is 0 Å². The van der Waals surface area contributed by atoms with Gasteiger partial charge in [0, 0.05) is 10.4 Å². The van der Waals surface area contributed by atoms with E-state index in [-0.39, 0.29) is 0 Å². The minimum atomic E-state index is 0.489. The van der Waals surface area contributed by atoms with Gasteiger partial charge in [-0.1, -0.05) is 60.7 Å². The van der Waals surface area contributed by atoms with E-state index >= 15 is 0 Å². The first kappa shape index (κ1) is 21.6. The van der Waals surface area contributed by atoms with Gasteiger partial charge in [0.1, 0.15) is 6.61 Å². The van der Waals surface area contributed by atoms with Crippen molar-refractivity contribution in [3.63, 3.8) is 0 Å². The van der Waals surface area contributed by atoms with Crippen molar-refractivity contribution >= 4 is 22.7 Å². The average molecular weight is 444 g/mol. The lowest BCUT2D eigenvalue weighted by atomic mass is 10.1. The third-order valence-electron chi connectivity index (χ3n) is 4.72. The zero-order chi connectivity index (χ0) is 22.2. The molecule has 0 bridgehead atoms. The van der Waals surface area contributed by atoms with Crippen LogP contribution in [0.4, 0.5) is 5.13 Å². The topological polar surface area (TPSA) is 55.7 Å². The Hall–Kier alpha value is -3.64. The fourth-order valence-corrected chi connectivity index (χ4v) is 3.98. The molecule has 0 spiro atoms. The van der Waals surface area contributed by atoms with Gasteiger partial charge >= 0.3 is 0 Å². The van der Waals surface area contributed by atoms with Crippen LogP contribution < -0.4 is 14.9 Å². The zero-order valence-corrected chi connectivity index (χ0v) is 18.9. The summed E-state index contributed by atoms with van der Waals surface area (Å²) in [4.78, 5) is 5.82. The second-order valence-corrected chi connectivity index (χ2v) is 8.28. The third-order valence-corrected chi connectivity index (χ3v) is 5.60. The van der Waals surface area contributed by atoms with E-state index in [2.05, 4.69) is 34.6 Å². The first-order valence-corrected chi connectivity index (χ1v) is 11.3. The molecule has 1 aromatic heterocycles. The molecule has 32 heavy (non-hydrogen) atoms. The lowest BCUT2D eigenvalue weighted by Crippen LogP contribution is -2.00. The van der Waals surface area contributed by atoms with Gasteiger partial charge in [-0.15, -0.1) is 11.3 Å². The molecular weight excluding hydrogens is 418 g/mol. The van der Waals surface area contributed by atoms with E-state index in [1.807, 2.05) is 73.7 Å². The molecule has 0 unspecified atom stereocenters. The van der Waals surface area contributed by atoms with Gasteiger partial charge in [0.25, 0.3) is 0 Å². The molecule has 0 saturated heterocycles. The highest BCUT2D eigenvalue weighted by Gasteiger charge is 2.09. The van der Waals surface area contributed by atoms with Crippen LogP contribution in [-0.4, -0.2) is 17.8 Å². The fourth-order valence-electron chi connectivity index (χ4n) is 3.20. The van der Waals surface area contributed by atoms with Crippen LogP contribution in [0.25, 0.3) is 11.3 Å². The normalized spacial score (nSPS) is 10.9. The van der Waals surface area contributed by atoms with Crippen LogP contribution >= 0.6 is 11.3 Å². The molecule has 0 saturated carbocycles. The van der Waals surface area contributed by atoms with Crippen LogP contribution in [0.3, 0.4) is 0 Å². The highest BCUT2D eigenvalue weighted by Crippen LogP contribution is 2.31. The van der Waals surface area contributed by atoms with Crippen LogP contribution in [0, 0.1) is 6.92 Å². The number of aromatic nitrogens is 1. The first-order chi connectivity index (χ1) is 15.7. The van der Waals surface area contributed by atoms with Gasteiger partial charge in [0.05, 0.1) is 18.5 Å². The van der Waals surface area contributed by atoms with Gasteiger partial charge < -0.3 is 9.47 Å². The molecular formula is C26H25N3O2S. The summed E-state index contributed by atoms with van der Waals surface area (Å²) in [5.41, 5.74) is 7.14. The highest BCUT2D eigenvalue weighted by atomic mass is 32.1. The molecule has 3 aromatic carbocycles.